The van der Waals surface area contributed by atoms with Gasteiger partial charge in [0.15, 0.2) is 0 Å². The number of nitrogens with two attached hydrogens (primary N) is 2. The minimum absolute atomic E-state index is 0.0865. The monoisotopic (exact) mass is 297 g/mol. The molecule has 0 bridgehead atoms. The quantitative estimate of drug-likeness (QED) is 0.718. The molecular formula is C13H19N3O3S. The zero-order chi connectivity index (χ0) is 15.1. The van der Waals surface area contributed by atoms with E-state index in [2.05, 4.69) is 23.9 Å². The summed E-state index contributed by atoms with van der Waals surface area (Å²) in [4.78, 5) is 23.5. The van der Waals surface area contributed by atoms with Crippen molar-refractivity contribution in [2.45, 2.75) is 32.2 Å². The average Bonchev–Trinajstić information content (AvgIpc) is 3.14. The van der Waals surface area contributed by atoms with E-state index in [0.717, 1.165) is 24.2 Å². The highest BCUT2D eigenvalue weighted by molar-refractivity contribution is 7.19. The van der Waals surface area contributed by atoms with E-state index in [1.807, 2.05) is 0 Å². The highest BCUT2D eigenvalue weighted by Gasteiger charge is 2.39. The Hall–Kier alpha value is -1.76. The van der Waals surface area contributed by atoms with Crippen molar-refractivity contribution in [2.24, 2.45) is 11.7 Å². The summed E-state index contributed by atoms with van der Waals surface area (Å²) in [7, 11) is 1.27. The Morgan fingerprint density at radius 1 is 1.40 bits per heavy atom. The van der Waals surface area contributed by atoms with E-state index in [9.17, 15) is 9.59 Å². The van der Waals surface area contributed by atoms with E-state index < -0.39 is 11.9 Å². The second-order valence-corrected chi connectivity index (χ2v) is 6.55. The Morgan fingerprint density at radius 2 is 2.00 bits per heavy atom. The highest BCUT2D eigenvalue weighted by atomic mass is 32.1. The molecule has 1 saturated carbocycles. The molecule has 0 saturated heterocycles. The molecule has 5 N–H and O–H groups in total. The lowest BCUT2D eigenvalue weighted by Crippen LogP contribution is -2.33. The van der Waals surface area contributed by atoms with E-state index in [4.69, 9.17) is 11.5 Å². The van der Waals surface area contributed by atoms with Crippen LogP contribution < -0.4 is 16.8 Å². The summed E-state index contributed by atoms with van der Waals surface area (Å²) >= 11 is 1.11. The summed E-state index contributed by atoms with van der Waals surface area (Å²) in [6.07, 6.45) is 2.30. The topological polar surface area (TPSA) is 107 Å². The van der Waals surface area contributed by atoms with E-state index in [1.54, 1.807) is 0 Å². The van der Waals surface area contributed by atoms with Gasteiger partial charge in [0, 0.05) is 5.54 Å². The van der Waals surface area contributed by atoms with Crippen molar-refractivity contribution in [3.8, 4) is 0 Å². The Bertz CT molecular complexity index is 561. The first kappa shape index (κ1) is 14.6. The Balaban J connectivity index is 2.40. The number of amides is 1. The lowest BCUT2D eigenvalue weighted by atomic mass is 9.99. The van der Waals surface area contributed by atoms with Crippen LogP contribution in [0.5, 0.6) is 0 Å². The van der Waals surface area contributed by atoms with Crippen molar-refractivity contribution in [2.75, 3.05) is 18.2 Å². The van der Waals surface area contributed by atoms with Gasteiger partial charge in [-0.25, -0.2) is 4.79 Å². The molecule has 1 aromatic rings. The van der Waals surface area contributed by atoms with Gasteiger partial charge in [0.25, 0.3) is 5.91 Å². The summed E-state index contributed by atoms with van der Waals surface area (Å²) in [5.74, 6) is -0.664. The second-order valence-electron chi connectivity index (χ2n) is 5.53. The molecule has 1 aliphatic carbocycles. The third kappa shape index (κ3) is 2.58. The maximum Gasteiger partial charge on any atom is 0.350 e. The number of methoxy groups -OCH3 is 1. The van der Waals surface area contributed by atoms with E-state index in [1.165, 1.54) is 7.11 Å². The lowest BCUT2D eigenvalue weighted by Gasteiger charge is -2.27. The maximum absolute atomic E-state index is 11.7. The number of ether oxygens (including phenoxy) is 1. The number of nitrogens with one attached hydrogen (secondary N) is 1. The molecule has 1 aromatic heterocycles. The van der Waals surface area contributed by atoms with Crippen LogP contribution in [0.2, 0.25) is 0 Å². The SMILES string of the molecule is COC(=O)c1sc(NC(C)(C)C2CC2)c(C(N)=O)c1N. The molecule has 1 aliphatic rings. The van der Waals surface area contributed by atoms with Crippen LogP contribution in [-0.4, -0.2) is 24.5 Å². The summed E-state index contributed by atoms with van der Waals surface area (Å²) < 4.78 is 4.67. The number of carbonyl (C=O) groups excluding carboxylic acids is 2. The Kier molecular flexibility index (Phi) is 3.64. The van der Waals surface area contributed by atoms with Crippen molar-refractivity contribution in [3.05, 3.63) is 10.4 Å². The van der Waals surface area contributed by atoms with Crippen LogP contribution in [0.4, 0.5) is 10.7 Å². The predicted octanol–water partition coefficient (Wildman–Crippen LogP) is 1.82. The van der Waals surface area contributed by atoms with Crippen LogP contribution in [0.15, 0.2) is 0 Å². The summed E-state index contributed by atoms with van der Waals surface area (Å²) in [5.41, 5.74) is 11.3. The van der Waals surface area contributed by atoms with Crippen molar-refractivity contribution < 1.29 is 14.3 Å². The average molecular weight is 297 g/mol. The molecule has 0 unspecified atom stereocenters. The number of hydrogen-bond acceptors (Lipinski definition) is 6. The van der Waals surface area contributed by atoms with E-state index >= 15 is 0 Å². The Labute approximate surface area is 121 Å². The maximum atomic E-state index is 11.7. The standard InChI is InChI=1S/C13H19N3O3S/c1-13(2,6-4-5-6)16-11-7(10(15)17)8(14)9(20-11)12(18)19-3/h6,16H,4-5,14H2,1-3H3,(H2,15,17). The van der Waals surface area contributed by atoms with Gasteiger partial charge in [-0.3, -0.25) is 4.79 Å². The minimum atomic E-state index is -0.650. The number of esters is 1. The number of rotatable bonds is 5. The van der Waals surface area contributed by atoms with Gasteiger partial charge in [0.2, 0.25) is 0 Å². The molecule has 1 fully saturated rings. The predicted molar refractivity (Wildman–Crippen MR) is 79.0 cm³/mol. The van der Waals surface area contributed by atoms with Crippen molar-refractivity contribution in [1.82, 2.24) is 0 Å². The number of nitrogen functional groups attached to an aromatic ring is 1. The molecule has 0 radical (unpaired) electrons. The van der Waals surface area contributed by atoms with E-state index in [-0.39, 0.29) is 21.7 Å². The van der Waals surface area contributed by atoms with Gasteiger partial charge in [-0.1, -0.05) is 0 Å². The van der Waals surface area contributed by atoms with Gasteiger partial charge in [0.05, 0.1) is 18.4 Å². The van der Waals surface area contributed by atoms with Crippen LogP contribution >= 0.6 is 11.3 Å². The van der Waals surface area contributed by atoms with Crippen LogP contribution in [0, 0.1) is 5.92 Å². The molecular weight excluding hydrogens is 278 g/mol. The largest absolute Gasteiger partial charge is 0.465 e. The van der Waals surface area contributed by atoms with E-state index in [0.29, 0.717) is 10.9 Å². The van der Waals surface area contributed by atoms with Crippen LogP contribution in [0.1, 0.15) is 46.7 Å². The summed E-state index contributed by atoms with van der Waals surface area (Å²) in [5, 5.41) is 3.83. The van der Waals surface area contributed by atoms with Crippen LogP contribution in [0.25, 0.3) is 0 Å². The molecule has 7 heteroatoms. The third-order valence-electron chi connectivity index (χ3n) is 3.60. The first-order valence-corrected chi connectivity index (χ1v) is 7.18. The van der Waals surface area contributed by atoms with Crippen molar-refractivity contribution >= 4 is 33.9 Å². The van der Waals surface area contributed by atoms with Crippen molar-refractivity contribution in [1.29, 1.82) is 0 Å². The molecule has 0 spiro atoms. The number of carbonyl (C=O) groups is 2. The number of primary amides is 1. The normalized spacial score (nSPS) is 14.9. The molecule has 6 nitrogen and oxygen atoms in total. The smallest absolute Gasteiger partial charge is 0.350 e. The van der Waals surface area contributed by atoms with Gasteiger partial charge < -0.3 is 21.5 Å². The molecule has 1 amide bonds. The number of hydrogen-bond donors (Lipinski definition) is 3. The first-order chi connectivity index (χ1) is 9.27. The zero-order valence-corrected chi connectivity index (χ0v) is 12.6. The zero-order valence-electron chi connectivity index (χ0n) is 11.8. The molecule has 20 heavy (non-hydrogen) atoms. The fraction of sp³-hybridized carbons (Fsp3) is 0.538. The summed E-state index contributed by atoms with van der Waals surface area (Å²) in [6, 6.07) is 0. The lowest BCUT2D eigenvalue weighted by molar-refractivity contribution is 0.0607. The van der Waals surface area contributed by atoms with Gasteiger partial charge in [-0.05, 0) is 32.6 Å². The molecule has 2 rings (SSSR count). The molecule has 0 atom stereocenters. The van der Waals surface area contributed by atoms with Crippen LogP contribution in [0.3, 0.4) is 0 Å². The van der Waals surface area contributed by atoms with Gasteiger partial charge in [-0.15, -0.1) is 11.3 Å². The minimum Gasteiger partial charge on any atom is -0.465 e. The number of thiophene rings is 1. The van der Waals surface area contributed by atoms with Gasteiger partial charge in [0.1, 0.15) is 9.88 Å². The van der Waals surface area contributed by atoms with Crippen molar-refractivity contribution in [3.63, 3.8) is 0 Å². The van der Waals surface area contributed by atoms with Gasteiger partial charge >= 0.3 is 5.97 Å². The molecule has 1 heterocycles. The third-order valence-corrected chi connectivity index (χ3v) is 4.70. The molecule has 110 valence electrons. The molecule has 0 aromatic carbocycles. The number of anilines is 2. The second kappa shape index (κ2) is 4.97. The fourth-order valence-corrected chi connectivity index (χ4v) is 3.43. The summed E-state index contributed by atoms with van der Waals surface area (Å²) in [6.45, 7) is 4.12. The van der Waals surface area contributed by atoms with Gasteiger partial charge in [-0.2, -0.15) is 0 Å². The Morgan fingerprint density at radius 3 is 2.45 bits per heavy atom. The highest BCUT2D eigenvalue weighted by Crippen LogP contribution is 2.44. The van der Waals surface area contributed by atoms with Crippen LogP contribution in [-0.2, 0) is 4.74 Å². The first-order valence-electron chi connectivity index (χ1n) is 6.36. The fourth-order valence-electron chi connectivity index (χ4n) is 2.22. The molecule has 0 aliphatic heterocycles.